The van der Waals surface area contributed by atoms with E-state index in [9.17, 15) is 4.79 Å². The Bertz CT molecular complexity index is 265. The van der Waals surface area contributed by atoms with Crippen LogP contribution in [0.2, 0.25) is 0 Å². The first-order valence-corrected chi connectivity index (χ1v) is 5.14. The molecule has 0 aliphatic rings. The van der Waals surface area contributed by atoms with Crippen molar-refractivity contribution in [3.8, 4) is 0 Å². The first-order chi connectivity index (χ1) is 9.00. The van der Waals surface area contributed by atoms with Crippen molar-refractivity contribution in [1.29, 1.82) is 0 Å². The maximum Gasteiger partial charge on any atom is 2.00 e. The van der Waals surface area contributed by atoms with Crippen LogP contribution in [0.25, 0.3) is 0 Å². The minimum atomic E-state index is -1.79. The van der Waals surface area contributed by atoms with E-state index in [0.717, 1.165) is 13.8 Å². The van der Waals surface area contributed by atoms with Gasteiger partial charge in [-0.05, 0) is 13.8 Å². The van der Waals surface area contributed by atoms with Crippen LogP contribution < -0.4 is 10.2 Å². The third-order valence-corrected chi connectivity index (χ3v) is 1.42. The average Bonchev–Trinajstić information content (AvgIpc) is 2.33. The summed E-state index contributed by atoms with van der Waals surface area (Å²) >= 11 is 0. The van der Waals surface area contributed by atoms with Gasteiger partial charge < -0.3 is 50.1 Å². The molecular formula is C10H18O10Zn. The van der Waals surface area contributed by atoms with Gasteiger partial charge >= 0.3 is 19.5 Å². The Morgan fingerprint density at radius 3 is 1.48 bits per heavy atom. The summed E-state index contributed by atoms with van der Waals surface area (Å²) in [6, 6.07) is 0. The van der Waals surface area contributed by atoms with Crippen molar-refractivity contribution >= 4 is 18.2 Å². The Hall–Kier alpha value is -0.967. The zero-order valence-corrected chi connectivity index (χ0v) is 14.5. The van der Waals surface area contributed by atoms with Crippen LogP contribution in [0.3, 0.4) is 0 Å². The van der Waals surface area contributed by atoms with E-state index in [0.29, 0.717) is 0 Å². The molecule has 0 saturated heterocycles. The fraction of sp³-hybridized carbons (Fsp3) is 0.700. The molecule has 0 amide bonds. The number of aliphatic carboxylic acids is 2. The van der Waals surface area contributed by atoms with E-state index in [2.05, 4.69) is 0 Å². The monoisotopic (exact) mass is 362 g/mol. The molecular weight excluding hydrogens is 345 g/mol. The summed E-state index contributed by atoms with van der Waals surface area (Å²) in [5.74, 6) is -2.17. The number of aliphatic hydroxyl groups is 5. The summed E-state index contributed by atoms with van der Waals surface area (Å²) in [5.41, 5.74) is 0. The third kappa shape index (κ3) is 24.4. The number of carboxylic acid groups (broad SMARTS) is 2. The predicted octanol–water partition coefficient (Wildman–Crippen LogP) is -5.87. The van der Waals surface area contributed by atoms with E-state index < -0.39 is 43.0 Å². The van der Waals surface area contributed by atoms with Gasteiger partial charge in [-0.15, -0.1) is 0 Å². The van der Waals surface area contributed by atoms with Gasteiger partial charge in [0.2, 0.25) is 0 Å². The number of rotatable bonds is 5. The van der Waals surface area contributed by atoms with Crippen LogP contribution in [0.1, 0.15) is 13.8 Å². The van der Waals surface area contributed by atoms with Crippen LogP contribution in [0.4, 0.5) is 0 Å². The fourth-order valence-electron chi connectivity index (χ4n) is 0.618. The molecule has 0 aliphatic carbocycles. The number of hydrogen-bond donors (Lipinski definition) is 5. The summed E-state index contributed by atoms with van der Waals surface area (Å²) in [6.45, 7) is 1.18. The van der Waals surface area contributed by atoms with Gasteiger partial charge in [0.25, 0.3) is 0 Å². The summed E-state index contributed by atoms with van der Waals surface area (Å²) in [4.78, 5) is 27.7. The number of carboxylic acids is 2. The van der Waals surface area contributed by atoms with Crippen LogP contribution in [0.5, 0.6) is 0 Å². The number of aliphatic hydroxyl groups excluding tert-OH is 5. The van der Waals surface area contributed by atoms with Gasteiger partial charge in [-0.3, -0.25) is 0 Å². The number of carbonyl (C=O) groups is 3. The van der Waals surface area contributed by atoms with Crippen LogP contribution >= 0.6 is 0 Å². The largest absolute Gasteiger partial charge is 2.00 e. The van der Waals surface area contributed by atoms with Crippen molar-refractivity contribution in [3.05, 3.63) is 0 Å². The van der Waals surface area contributed by atoms with Crippen molar-refractivity contribution < 1.29 is 69.6 Å². The molecule has 120 valence electrons. The summed E-state index contributed by atoms with van der Waals surface area (Å²) < 4.78 is 0. The molecule has 4 atom stereocenters. The van der Waals surface area contributed by atoms with Gasteiger partial charge in [0.15, 0.2) is 6.29 Å². The Labute approximate surface area is 133 Å². The van der Waals surface area contributed by atoms with Gasteiger partial charge in [0.1, 0.15) is 24.4 Å². The van der Waals surface area contributed by atoms with Crippen molar-refractivity contribution in [2.24, 2.45) is 0 Å². The number of hydrogen-bond acceptors (Lipinski definition) is 10. The van der Waals surface area contributed by atoms with Gasteiger partial charge in [-0.1, -0.05) is 0 Å². The maximum absolute atomic E-state index is 9.90. The van der Waals surface area contributed by atoms with E-state index >= 15 is 0 Å². The maximum atomic E-state index is 9.90. The fourth-order valence-corrected chi connectivity index (χ4v) is 0.618. The zero-order chi connectivity index (χ0) is 16.9. The molecule has 0 aliphatic heterocycles. The molecule has 0 fully saturated rings. The van der Waals surface area contributed by atoms with Crippen molar-refractivity contribution in [1.82, 2.24) is 0 Å². The molecule has 0 radical (unpaired) electrons. The molecule has 0 bridgehead atoms. The average molecular weight is 364 g/mol. The predicted molar refractivity (Wildman–Crippen MR) is 58.5 cm³/mol. The smallest absolute Gasteiger partial charge is 0.550 e. The topological polar surface area (TPSA) is 198 Å². The molecule has 10 nitrogen and oxygen atoms in total. The standard InChI is InChI=1S/C6H12O6.2C2H4O2.Zn/c7-1-3(9)5(11)6(12)4(10)2-8;2*1-2(3)4;/h1,3-6,8-12H,2H2;2*1H3,(H,3,4);/q;;;+2/p-2/t3-,4+,5+,6+;;;/m0.../s1. The van der Waals surface area contributed by atoms with Crippen LogP contribution in [-0.2, 0) is 33.9 Å². The van der Waals surface area contributed by atoms with Crippen molar-refractivity contribution in [3.63, 3.8) is 0 Å². The second-order valence-corrected chi connectivity index (χ2v) is 3.34. The minimum Gasteiger partial charge on any atom is -0.550 e. The van der Waals surface area contributed by atoms with Crippen LogP contribution in [0.15, 0.2) is 0 Å². The van der Waals surface area contributed by atoms with E-state index in [-0.39, 0.29) is 25.8 Å². The van der Waals surface area contributed by atoms with E-state index in [1.165, 1.54) is 0 Å². The van der Waals surface area contributed by atoms with Crippen molar-refractivity contribution in [2.75, 3.05) is 6.61 Å². The molecule has 0 spiro atoms. The van der Waals surface area contributed by atoms with Gasteiger partial charge in [0, 0.05) is 11.9 Å². The Morgan fingerprint density at radius 1 is 1.00 bits per heavy atom. The molecule has 0 unspecified atom stereocenters. The molecule has 0 saturated carbocycles. The Balaban J connectivity index is -0.000000134. The second-order valence-electron chi connectivity index (χ2n) is 3.34. The molecule has 0 heterocycles. The van der Waals surface area contributed by atoms with E-state index in [1.54, 1.807) is 0 Å². The molecule has 11 heteroatoms. The quantitative estimate of drug-likeness (QED) is 0.231. The molecule has 0 aromatic carbocycles. The number of aldehydes is 1. The molecule has 0 rings (SSSR count). The molecule has 21 heavy (non-hydrogen) atoms. The molecule has 0 aromatic heterocycles. The van der Waals surface area contributed by atoms with Crippen molar-refractivity contribution in [2.45, 2.75) is 38.3 Å². The van der Waals surface area contributed by atoms with Crippen LogP contribution in [0, 0.1) is 0 Å². The first kappa shape index (κ1) is 28.2. The van der Waals surface area contributed by atoms with Gasteiger partial charge in [-0.2, -0.15) is 0 Å². The zero-order valence-electron chi connectivity index (χ0n) is 11.6. The minimum absolute atomic E-state index is 0. The van der Waals surface area contributed by atoms with Gasteiger partial charge in [0.05, 0.1) is 6.61 Å². The SMILES string of the molecule is CC(=O)[O-].CC(=O)[O-].O=C[C@H](O)[C@@H](O)[C@H](O)[C@H](O)CO.[Zn+2]. The summed E-state index contributed by atoms with van der Waals surface area (Å²) in [5, 5.41) is 61.3. The molecule has 0 aromatic rings. The summed E-state index contributed by atoms with van der Waals surface area (Å²) in [7, 11) is 0. The second kappa shape index (κ2) is 17.1. The third-order valence-electron chi connectivity index (χ3n) is 1.42. The number of carbonyl (C=O) groups excluding carboxylic acids is 3. The summed E-state index contributed by atoms with van der Waals surface area (Å²) in [6.07, 6.45) is -6.84. The van der Waals surface area contributed by atoms with E-state index in [4.69, 9.17) is 45.3 Å². The molecule has 5 N–H and O–H groups in total. The normalized spacial score (nSPS) is 14.4. The first-order valence-electron chi connectivity index (χ1n) is 5.14. The van der Waals surface area contributed by atoms with Crippen LogP contribution in [-0.4, -0.2) is 74.8 Å². The van der Waals surface area contributed by atoms with Gasteiger partial charge in [-0.25, -0.2) is 0 Å². The van der Waals surface area contributed by atoms with E-state index in [1.807, 2.05) is 0 Å². The Kier molecular flexibility index (Phi) is 23.0. The Morgan fingerprint density at radius 2 is 1.29 bits per heavy atom.